The second kappa shape index (κ2) is 7.99. The molecule has 3 aromatic rings. The minimum atomic E-state index is -0.261. The lowest BCUT2D eigenvalue weighted by atomic mass is 9.95. The van der Waals surface area contributed by atoms with Gasteiger partial charge in [-0.25, -0.2) is 5.01 Å². The molecule has 0 bridgehead atoms. The van der Waals surface area contributed by atoms with E-state index in [4.69, 9.17) is 19.3 Å². The van der Waals surface area contributed by atoms with Crippen molar-refractivity contribution in [1.29, 1.82) is 0 Å². The summed E-state index contributed by atoms with van der Waals surface area (Å²) in [6.45, 7) is 2.17. The average Bonchev–Trinajstić information content (AvgIpc) is 3.29. The van der Waals surface area contributed by atoms with E-state index in [0.29, 0.717) is 11.5 Å². The molecule has 0 saturated carbocycles. The van der Waals surface area contributed by atoms with Crippen molar-refractivity contribution in [3.8, 4) is 17.2 Å². The first-order valence-electron chi connectivity index (χ1n) is 10.6. The highest BCUT2D eigenvalue weighted by atomic mass is 16.5. The Bertz CT molecular complexity index is 1120. The largest absolute Gasteiger partial charge is 0.493 e. The number of para-hydroxylation sites is 1. The van der Waals surface area contributed by atoms with E-state index in [0.717, 1.165) is 35.4 Å². The van der Waals surface area contributed by atoms with E-state index in [1.807, 2.05) is 24.3 Å². The van der Waals surface area contributed by atoms with E-state index in [2.05, 4.69) is 54.4 Å². The fourth-order valence-electron chi connectivity index (χ4n) is 4.36. The van der Waals surface area contributed by atoms with Crippen molar-refractivity contribution in [2.24, 2.45) is 5.10 Å². The molecular weight excluding hydrogens is 388 g/mol. The third kappa shape index (κ3) is 3.40. The zero-order valence-corrected chi connectivity index (χ0v) is 18.0. The lowest BCUT2D eigenvalue weighted by Gasteiger charge is -2.38. The summed E-state index contributed by atoms with van der Waals surface area (Å²) in [5, 5.41) is 7.15. The van der Waals surface area contributed by atoms with Crippen LogP contribution in [0.25, 0.3) is 0 Å². The van der Waals surface area contributed by atoms with Crippen LogP contribution >= 0.6 is 0 Å². The number of hydrogen-bond donors (Lipinski definition) is 0. The lowest BCUT2D eigenvalue weighted by Crippen LogP contribution is -2.33. The summed E-state index contributed by atoms with van der Waals surface area (Å²) in [5.41, 5.74) is 5.63. The van der Waals surface area contributed by atoms with Gasteiger partial charge in [0.2, 0.25) is 6.23 Å². The Morgan fingerprint density at radius 2 is 1.74 bits per heavy atom. The van der Waals surface area contributed by atoms with Crippen molar-refractivity contribution < 1.29 is 14.2 Å². The summed E-state index contributed by atoms with van der Waals surface area (Å²) in [5.74, 6) is 2.35. The molecule has 0 aromatic heterocycles. The van der Waals surface area contributed by atoms with Gasteiger partial charge in [-0.2, -0.15) is 5.10 Å². The van der Waals surface area contributed by atoms with E-state index in [1.54, 1.807) is 14.2 Å². The topological polar surface area (TPSA) is 43.3 Å². The Labute approximate surface area is 182 Å². The number of benzene rings is 3. The molecule has 0 N–H and O–H groups in total. The normalized spacial score (nSPS) is 19.2. The van der Waals surface area contributed by atoms with Crippen LogP contribution < -0.4 is 14.2 Å². The van der Waals surface area contributed by atoms with Gasteiger partial charge >= 0.3 is 0 Å². The Morgan fingerprint density at radius 3 is 2.48 bits per heavy atom. The smallest absolute Gasteiger partial charge is 0.213 e. The molecule has 2 heterocycles. The number of hydrogen-bond acceptors (Lipinski definition) is 5. The Kier molecular flexibility index (Phi) is 5.02. The van der Waals surface area contributed by atoms with Crippen molar-refractivity contribution in [1.82, 2.24) is 5.01 Å². The van der Waals surface area contributed by atoms with Crippen LogP contribution in [-0.4, -0.2) is 24.9 Å². The fourth-order valence-corrected chi connectivity index (χ4v) is 4.36. The Hall–Kier alpha value is -3.47. The van der Waals surface area contributed by atoms with Crippen molar-refractivity contribution >= 4 is 5.71 Å². The zero-order valence-electron chi connectivity index (χ0n) is 18.0. The summed E-state index contributed by atoms with van der Waals surface area (Å²) in [7, 11) is 3.30. The van der Waals surface area contributed by atoms with Gasteiger partial charge in [-0.15, -0.1) is 0 Å². The van der Waals surface area contributed by atoms with Gasteiger partial charge < -0.3 is 14.2 Å². The number of rotatable bonds is 5. The summed E-state index contributed by atoms with van der Waals surface area (Å²) in [6, 6.07) is 23.0. The summed E-state index contributed by atoms with van der Waals surface area (Å²) in [6.07, 6.45) is 1.56. The van der Waals surface area contributed by atoms with E-state index >= 15 is 0 Å². The molecule has 0 saturated heterocycles. The van der Waals surface area contributed by atoms with E-state index in [9.17, 15) is 0 Å². The first-order valence-corrected chi connectivity index (χ1v) is 10.6. The Morgan fingerprint density at radius 1 is 0.968 bits per heavy atom. The summed E-state index contributed by atoms with van der Waals surface area (Å²) < 4.78 is 17.3. The van der Waals surface area contributed by atoms with Crippen LogP contribution in [0.3, 0.4) is 0 Å². The lowest BCUT2D eigenvalue weighted by molar-refractivity contribution is -0.0190. The van der Waals surface area contributed by atoms with Crippen molar-refractivity contribution in [2.75, 3.05) is 14.2 Å². The molecule has 2 atom stereocenters. The maximum atomic E-state index is 6.45. The second-order valence-corrected chi connectivity index (χ2v) is 7.82. The van der Waals surface area contributed by atoms with Gasteiger partial charge in [0.1, 0.15) is 5.75 Å². The van der Waals surface area contributed by atoms with E-state index in [1.165, 1.54) is 11.1 Å². The number of methoxy groups -OCH3 is 2. The maximum absolute atomic E-state index is 6.45. The quantitative estimate of drug-likeness (QED) is 0.552. The highest BCUT2D eigenvalue weighted by Crippen LogP contribution is 2.47. The molecule has 2 aliphatic rings. The summed E-state index contributed by atoms with van der Waals surface area (Å²) in [4.78, 5) is 0. The third-order valence-corrected chi connectivity index (χ3v) is 6.09. The van der Waals surface area contributed by atoms with Crippen molar-refractivity contribution in [3.63, 3.8) is 0 Å². The second-order valence-electron chi connectivity index (χ2n) is 7.82. The zero-order chi connectivity index (χ0) is 21.4. The van der Waals surface area contributed by atoms with Crippen molar-refractivity contribution in [2.45, 2.75) is 32.0 Å². The molecule has 3 aromatic carbocycles. The molecule has 0 aliphatic carbocycles. The predicted octanol–water partition coefficient (Wildman–Crippen LogP) is 5.51. The van der Waals surface area contributed by atoms with Gasteiger partial charge in [0.15, 0.2) is 11.5 Å². The number of aryl methyl sites for hydroxylation is 1. The molecule has 5 heteroatoms. The van der Waals surface area contributed by atoms with Crippen LogP contribution in [0.4, 0.5) is 0 Å². The molecule has 0 spiro atoms. The molecule has 0 amide bonds. The SMILES string of the molecule is CCc1ccc([C@@H]2Oc3ccccc3[C@@H]3CC(c4ccc(OC)c(OC)c4)=NN32)cc1. The van der Waals surface area contributed by atoms with Gasteiger partial charge in [0, 0.05) is 23.1 Å². The van der Waals surface area contributed by atoms with E-state index in [-0.39, 0.29) is 12.3 Å². The molecule has 5 nitrogen and oxygen atoms in total. The van der Waals surface area contributed by atoms with Crippen LogP contribution in [0.5, 0.6) is 17.2 Å². The van der Waals surface area contributed by atoms with Crippen LogP contribution in [0.15, 0.2) is 71.8 Å². The Balaban J connectivity index is 1.55. The minimum absolute atomic E-state index is 0.129. The highest BCUT2D eigenvalue weighted by molar-refractivity contribution is 6.02. The first-order chi connectivity index (χ1) is 15.2. The average molecular weight is 415 g/mol. The van der Waals surface area contributed by atoms with Crippen LogP contribution in [0.2, 0.25) is 0 Å². The number of hydrazone groups is 1. The molecule has 2 aliphatic heterocycles. The van der Waals surface area contributed by atoms with Gasteiger partial charge in [-0.05, 0) is 36.2 Å². The molecule has 5 rings (SSSR count). The summed E-state index contributed by atoms with van der Waals surface area (Å²) >= 11 is 0. The van der Waals surface area contributed by atoms with Crippen LogP contribution in [0, 0.1) is 0 Å². The molecule has 0 radical (unpaired) electrons. The first kappa shape index (κ1) is 19.5. The third-order valence-electron chi connectivity index (χ3n) is 6.09. The van der Waals surface area contributed by atoms with Gasteiger partial charge in [0.25, 0.3) is 0 Å². The van der Waals surface area contributed by atoms with E-state index < -0.39 is 0 Å². The molecule has 31 heavy (non-hydrogen) atoms. The number of nitrogens with zero attached hydrogens (tertiary/aromatic N) is 2. The predicted molar refractivity (Wildman–Crippen MR) is 121 cm³/mol. The molecule has 0 fully saturated rings. The monoisotopic (exact) mass is 414 g/mol. The standard InChI is InChI=1S/C26H26N2O3/c1-4-17-9-11-18(12-10-17)26-28-22(20-7-5-6-8-23(20)31-26)16-21(27-28)19-13-14-24(29-2)25(15-19)30-3/h5-15,22,26H,4,16H2,1-3H3/t22-,26-/m0/s1. The van der Waals surface area contributed by atoms with Crippen molar-refractivity contribution in [3.05, 3.63) is 89.0 Å². The number of fused-ring (bicyclic) bond motifs is 3. The van der Waals surface area contributed by atoms with Gasteiger partial charge in [-0.1, -0.05) is 49.4 Å². The molecule has 0 unspecified atom stereocenters. The van der Waals surface area contributed by atoms with Crippen LogP contribution in [-0.2, 0) is 6.42 Å². The minimum Gasteiger partial charge on any atom is -0.493 e. The number of ether oxygens (including phenoxy) is 3. The van der Waals surface area contributed by atoms with Crippen LogP contribution in [0.1, 0.15) is 47.9 Å². The van der Waals surface area contributed by atoms with Gasteiger partial charge in [0.05, 0.1) is 26.0 Å². The fraction of sp³-hybridized carbons (Fsp3) is 0.269. The highest BCUT2D eigenvalue weighted by Gasteiger charge is 2.40. The maximum Gasteiger partial charge on any atom is 0.213 e. The molecule has 158 valence electrons. The van der Waals surface area contributed by atoms with Gasteiger partial charge in [-0.3, -0.25) is 0 Å². The molecular formula is C26H26N2O3.